The van der Waals surface area contributed by atoms with Crippen LogP contribution in [0.2, 0.25) is 0 Å². The van der Waals surface area contributed by atoms with Gasteiger partial charge in [-0.15, -0.1) is 0 Å². The molecule has 0 aromatic carbocycles. The largest absolute Gasteiger partial charge is 0.480 e. The standard InChI is InChI=1S/C10H21NO.C2H6/c1-7-12-9(3)11-8(2)10(4,5)6;1-2/h8,11H,3,7H2,1-2,4-6H3;1-2H3. The first kappa shape index (κ1) is 15.8. The fraction of sp³-hybridized carbons (Fsp3) is 0.833. The first-order valence-corrected chi connectivity index (χ1v) is 5.46. The van der Waals surface area contributed by atoms with Gasteiger partial charge < -0.3 is 10.1 Å². The Bertz CT molecular complexity index is 147. The van der Waals surface area contributed by atoms with E-state index in [-0.39, 0.29) is 5.41 Å². The molecule has 0 saturated heterocycles. The Kier molecular flexibility index (Phi) is 8.71. The fourth-order valence-electron chi connectivity index (χ4n) is 0.674. The van der Waals surface area contributed by atoms with Crippen molar-refractivity contribution in [3.63, 3.8) is 0 Å². The predicted octanol–water partition coefficient (Wildman–Crippen LogP) is 3.54. The first-order chi connectivity index (χ1) is 6.38. The van der Waals surface area contributed by atoms with E-state index in [2.05, 4.69) is 39.6 Å². The number of hydrogen-bond acceptors (Lipinski definition) is 2. The Labute approximate surface area is 89.7 Å². The van der Waals surface area contributed by atoms with E-state index >= 15 is 0 Å². The van der Waals surface area contributed by atoms with Gasteiger partial charge in [-0.25, -0.2) is 0 Å². The summed E-state index contributed by atoms with van der Waals surface area (Å²) in [6.07, 6.45) is 0. The van der Waals surface area contributed by atoms with Gasteiger partial charge >= 0.3 is 0 Å². The fourth-order valence-corrected chi connectivity index (χ4v) is 0.674. The average Bonchev–Trinajstić information content (AvgIpc) is 2.06. The van der Waals surface area contributed by atoms with Gasteiger partial charge in [-0.2, -0.15) is 0 Å². The molecule has 86 valence electrons. The van der Waals surface area contributed by atoms with Crippen LogP contribution in [0.4, 0.5) is 0 Å². The Balaban J connectivity index is 0. The number of ether oxygens (including phenoxy) is 1. The van der Waals surface area contributed by atoms with Crippen molar-refractivity contribution in [1.82, 2.24) is 5.32 Å². The van der Waals surface area contributed by atoms with E-state index in [0.29, 0.717) is 18.5 Å². The smallest absolute Gasteiger partial charge is 0.179 e. The highest BCUT2D eigenvalue weighted by atomic mass is 16.5. The van der Waals surface area contributed by atoms with Crippen LogP contribution in [0.15, 0.2) is 12.5 Å². The van der Waals surface area contributed by atoms with Gasteiger partial charge in [-0.3, -0.25) is 0 Å². The third kappa shape index (κ3) is 7.96. The lowest BCUT2D eigenvalue weighted by Crippen LogP contribution is -2.37. The van der Waals surface area contributed by atoms with E-state index in [9.17, 15) is 0 Å². The summed E-state index contributed by atoms with van der Waals surface area (Å²) >= 11 is 0. The van der Waals surface area contributed by atoms with Crippen molar-refractivity contribution in [2.75, 3.05) is 6.61 Å². The normalized spacial score (nSPS) is 12.2. The van der Waals surface area contributed by atoms with Crippen LogP contribution in [-0.2, 0) is 4.74 Å². The SMILES string of the molecule is C=C(NC(C)C(C)(C)C)OCC.CC. The van der Waals surface area contributed by atoms with Gasteiger partial charge in [-0.05, 0) is 25.8 Å². The van der Waals surface area contributed by atoms with Crippen molar-refractivity contribution in [3.05, 3.63) is 12.5 Å². The van der Waals surface area contributed by atoms with Crippen LogP contribution in [0.5, 0.6) is 0 Å². The van der Waals surface area contributed by atoms with Crippen LogP contribution in [-0.4, -0.2) is 12.6 Å². The maximum Gasteiger partial charge on any atom is 0.179 e. The second-order valence-electron chi connectivity index (χ2n) is 4.09. The summed E-state index contributed by atoms with van der Waals surface area (Å²) in [6, 6.07) is 0.372. The molecule has 0 aromatic heterocycles. The van der Waals surface area contributed by atoms with E-state index in [1.807, 2.05) is 20.8 Å². The van der Waals surface area contributed by atoms with Gasteiger partial charge in [-0.1, -0.05) is 34.6 Å². The van der Waals surface area contributed by atoms with Crippen molar-refractivity contribution >= 4 is 0 Å². The molecule has 0 heterocycles. The number of hydrogen-bond donors (Lipinski definition) is 1. The van der Waals surface area contributed by atoms with E-state index in [0.717, 1.165) is 0 Å². The minimum atomic E-state index is 0.236. The van der Waals surface area contributed by atoms with E-state index < -0.39 is 0 Å². The van der Waals surface area contributed by atoms with Crippen LogP contribution >= 0.6 is 0 Å². The van der Waals surface area contributed by atoms with E-state index in [1.54, 1.807) is 0 Å². The van der Waals surface area contributed by atoms with Gasteiger partial charge in [0.1, 0.15) is 0 Å². The third-order valence-corrected chi connectivity index (χ3v) is 2.00. The zero-order chi connectivity index (χ0) is 11.8. The molecule has 0 aliphatic rings. The minimum absolute atomic E-state index is 0.236. The Morgan fingerprint density at radius 1 is 1.36 bits per heavy atom. The molecule has 0 spiro atoms. The topological polar surface area (TPSA) is 21.3 Å². The molecule has 0 radical (unpaired) electrons. The number of rotatable bonds is 4. The van der Waals surface area contributed by atoms with Gasteiger partial charge in [0, 0.05) is 6.04 Å². The van der Waals surface area contributed by atoms with E-state index in [1.165, 1.54) is 0 Å². The molecule has 0 bridgehead atoms. The molecule has 0 amide bonds. The summed E-state index contributed by atoms with van der Waals surface area (Å²) in [7, 11) is 0. The zero-order valence-electron chi connectivity index (χ0n) is 10.9. The summed E-state index contributed by atoms with van der Waals surface area (Å²) in [4.78, 5) is 0. The molecular formula is C12H27NO. The van der Waals surface area contributed by atoms with E-state index in [4.69, 9.17) is 4.74 Å². The quantitative estimate of drug-likeness (QED) is 0.702. The monoisotopic (exact) mass is 201 g/mol. The molecule has 0 fully saturated rings. The van der Waals surface area contributed by atoms with Gasteiger partial charge in [0.15, 0.2) is 5.88 Å². The van der Waals surface area contributed by atoms with Crippen LogP contribution in [0.25, 0.3) is 0 Å². The van der Waals surface area contributed by atoms with Gasteiger partial charge in [0.05, 0.1) is 6.61 Å². The Morgan fingerprint density at radius 3 is 2.07 bits per heavy atom. The van der Waals surface area contributed by atoms with Crippen molar-refractivity contribution in [2.45, 2.75) is 54.5 Å². The van der Waals surface area contributed by atoms with Crippen LogP contribution < -0.4 is 5.32 Å². The molecular weight excluding hydrogens is 174 g/mol. The van der Waals surface area contributed by atoms with Crippen molar-refractivity contribution in [2.24, 2.45) is 5.41 Å². The third-order valence-electron chi connectivity index (χ3n) is 2.00. The molecule has 2 nitrogen and oxygen atoms in total. The minimum Gasteiger partial charge on any atom is -0.480 e. The summed E-state index contributed by atoms with van der Waals surface area (Å²) in [5.41, 5.74) is 0.236. The van der Waals surface area contributed by atoms with Crippen LogP contribution in [0.3, 0.4) is 0 Å². The van der Waals surface area contributed by atoms with Crippen molar-refractivity contribution in [3.8, 4) is 0 Å². The van der Waals surface area contributed by atoms with Crippen LogP contribution in [0, 0.1) is 5.41 Å². The van der Waals surface area contributed by atoms with Crippen molar-refractivity contribution < 1.29 is 4.74 Å². The summed E-state index contributed by atoms with van der Waals surface area (Å²) in [5, 5.41) is 3.20. The molecule has 0 saturated carbocycles. The highest BCUT2D eigenvalue weighted by Gasteiger charge is 2.19. The first-order valence-electron chi connectivity index (χ1n) is 5.46. The lowest BCUT2D eigenvalue weighted by atomic mass is 9.88. The van der Waals surface area contributed by atoms with Crippen molar-refractivity contribution in [1.29, 1.82) is 0 Å². The molecule has 1 N–H and O–H groups in total. The lowest BCUT2D eigenvalue weighted by molar-refractivity contribution is 0.177. The summed E-state index contributed by atoms with van der Waals surface area (Å²) < 4.78 is 5.20. The molecule has 14 heavy (non-hydrogen) atoms. The molecule has 0 aromatic rings. The second kappa shape index (κ2) is 7.72. The average molecular weight is 201 g/mol. The maximum absolute atomic E-state index is 5.20. The highest BCUT2D eigenvalue weighted by molar-refractivity contribution is 4.87. The Hall–Kier alpha value is -0.660. The summed E-state index contributed by atoms with van der Waals surface area (Å²) in [5.74, 6) is 0.667. The molecule has 0 aliphatic carbocycles. The summed E-state index contributed by atoms with van der Waals surface area (Å²) in [6.45, 7) is 19.1. The molecule has 2 heteroatoms. The Morgan fingerprint density at radius 2 is 1.79 bits per heavy atom. The lowest BCUT2D eigenvalue weighted by Gasteiger charge is -2.29. The second-order valence-corrected chi connectivity index (χ2v) is 4.09. The van der Waals surface area contributed by atoms with Gasteiger partial charge in [0.2, 0.25) is 0 Å². The molecule has 1 atom stereocenters. The maximum atomic E-state index is 5.20. The molecule has 0 rings (SSSR count). The zero-order valence-corrected chi connectivity index (χ0v) is 10.9. The number of nitrogens with one attached hydrogen (secondary N) is 1. The van der Waals surface area contributed by atoms with Crippen LogP contribution in [0.1, 0.15) is 48.5 Å². The highest BCUT2D eigenvalue weighted by Crippen LogP contribution is 2.19. The predicted molar refractivity (Wildman–Crippen MR) is 64.2 cm³/mol. The molecule has 1 unspecified atom stereocenters. The van der Waals surface area contributed by atoms with Gasteiger partial charge in [0.25, 0.3) is 0 Å². The molecule has 0 aliphatic heterocycles.